The Morgan fingerprint density at radius 1 is 1.50 bits per heavy atom. The lowest BCUT2D eigenvalue weighted by molar-refractivity contribution is -0.384. The van der Waals surface area contributed by atoms with E-state index in [1.54, 1.807) is 6.07 Å². The first-order chi connectivity index (χ1) is 9.28. The van der Waals surface area contributed by atoms with Crippen molar-refractivity contribution in [1.82, 2.24) is 4.98 Å². The minimum atomic E-state index is -0.473. The Bertz CT molecular complexity index is 667. The van der Waals surface area contributed by atoms with E-state index in [2.05, 4.69) is 26.2 Å². The number of nitrogens with zero attached hydrogens (tertiary/aromatic N) is 2. The highest BCUT2D eigenvalue weighted by Gasteiger charge is 2.20. The van der Waals surface area contributed by atoms with E-state index >= 15 is 0 Å². The van der Waals surface area contributed by atoms with E-state index in [0.29, 0.717) is 23.1 Å². The molecule has 1 aromatic heterocycles. The molecular weight excluding hydrogens is 324 g/mol. The van der Waals surface area contributed by atoms with Crippen molar-refractivity contribution >= 4 is 38.2 Å². The van der Waals surface area contributed by atoms with Gasteiger partial charge < -0.3 is 11.1 Å². The van der Waals surface area contributed by atoms with Crippen LogP contribution in [0.5, 0.6) is 0 Å². The number of nitrogens with one attached hydrogen (secondary N) is 1. The van der Waals surface area contributed by atoms with Gasteiger partial charge in [-0.3, -0.25) is 10.1 Å². The molecule has 106 valence electrons. The summed E-state index contributed by atoms with van der Waals surface area (Å²) in [5, 5.41) is 14.9. The molecule has 0 amide bonds. The Morgan fingerprint density at radius 2 is 2.20 bits per heavy atom. The van der Waals surface area contributed by atoms with E-state index in [-0.39, 0.29) is 5.69 Å². The number of halogens is 1. The standard InChI is InChI=1S/C13H15BrN4O2/c1-13(2,15)7-17-12-9-4-3-8(14)5-10(9)16-6-11(12)18(19)20/h3-6H,7,15H2,1-2H3,(H,16,17). The van der Waals surface area contributed by atoms with Gasteiger partial charge in [-0.2, -0.15) is 0 Å². The molecule has 0 aliphatic rings. The molecule has 2 aromatic rings. The summed E-state index contributed by atoms with van der Waals surface area (Å²) >= 11 is 3.36. The number of rotatable bonds is 4. The minimum Gasteiger partial charge on any atom is -0.377 e. The van der Waals surface area contributed by atoms with Gasteiger partial charge in [0.1, 0.15) is 11.9 Å². The molecule has 0 fully saturated rings. The van der Waals surface area contributed by atoms with E-state index in [1.165, 1.54) is 6.20 Å². The zero-order valence-corrected chi connectivity index (χ0v) is 12.8. The second kappa shape index (κ2) is 5.34. The molecule has 0 unspecified atom stereocenters. The Hall–Kier alpha value is -1.73. The van der Waals surface area contributed by atoms with Crippen LogP contribution in [0.2, 0.25) is 0 Å². The number of nitrogens with two attached hydrogens (primary N) is 1. The highest BCUT2D eigenvalue weighted by atomic mass is 79.9. The first-order valence-corrected chi connectivity index (χ1v) is 6.83. The quantitative estimate of drug-likeness (QED) is 0.659. The van der Waals surface area contributed by atoms with Crippen LogP contribution in [0, 0.1) is 10.1 Å². The third-order valence-corrected chi connectivity index (χ3v) is 3.22. The predicted molar refractivity (Wildman–Crippen MR) is 82.9 cm³/mol. The SMILES string of the molecule is CC(C)(N)CNc1c([N+](=O)[O-])cnc2cc(Br)ccc12. The van der Waals surface area contributed by atoms with Crippen LogP contribution in [-0.4, -0.2) is 22.0 Å². The largest absolute Gasteiger partial charge is 0.377 e. The first kappa shape index (κ1) is 14.7. The van der Waals surface area contributed by atoms with Gasteiger partial charge in [0.15, 0.2) is 0 Å². The second-order valence-corrected chi connectivity index (χ2v) is 6.19. The fourth-order valence-electron chi connectivity index (χ4n) is 1.80. The molecule has 0 atom stereocenters. The molecule has 1 heterocycles. The van der Waals surface area contributed by atoms with Gasteiger partial charge in [-0.25, -0.2) is 4.98 Å². The summed E-state index contributed by atoms with van der Waals surface area (Å²) in [6, 6.07) is 5.44. The fraction of sp³-hybridized carbons (Fsp3) is 0.308. The smallest absolute Gasteiger partial charge is 0.311 e. The van der Waals surface area contributed by atoms with Crippen molar-refractivity contribution in [2.24, 2.45) is 5.73 Å². The number of benzene rings is 1. The lowest BCUT2D eigenvalue weighted by Gasteiger charge is -2.20. The summed E-state index contributed by atoms with van der Waals surface area (Å²) in [5.41, 5.74) is 6.53. The highest BCUT2D eigenvalue weighted by Crippen LogP contribution is 2.32. The zero-order valence-electron chi connectivity index (χ0n) is 11.2. The normalized spacial score (nSPS) is 11.6. The van der Waals surface area contributed by atoms with Gasteiger partial charge in [-0.05, 0) is 32.0 Å². The minimum absolute atomic E-state index is 0.0518. The lowest BCUT2D eigenvalue weighted by Crippen LogP contribution is -2.39. The number of pyridine rings is 1. The first-order valence-electron chi connectivity index (χ1n) is 6.03. The maximum absolute atomic E-state index is 11.1. The van der Waals surface area contributed by atoms with Gasteiger partial charge in [-0.15, -0.1) is 0 Å². The molecule has 0 aliphatic heterocycles. The van der Waals surface area contributed by atoms with E-state index < -0.39 is 10.5 Å². The predicted octanol–water partition coefficient (Wildman–Crippen LogP) is 3.05. The monoisotopic (exact) mass is 338 g/mol. The van der Waals surface area contributed by atoms with Gasteiger partial charge >= 0.3 is 5.69 Å². The summed E-state index contributed by atoms with van der Waals surface area (Å²) in [6.45, 7) is 4.13. The Morgan fingerprint density at radius 3 is 2.80 bits per heavy atom. The van der Waals surface area contributed by atoms with E-state index in [9.17, 15) is 10.1 Å². The second-order valence-electron chi connectivity index (χ2n) is 5.28. The third kappa shape index (κ3) is 3.23. The molecule has 20 heavy (non-hydrogen) atoms. The number of fused-ring (bicyclic) bond motifs is 1. The van der Waals surface area contributed by atoms with Crippen molar-refractivity contribution < 1.29 is 4.92 Å². The van der Waals surface area contributed by atoms with Crippen LogP contribution in [0.1, 0.15) is 13.8 Å². The van der Waals surface area contributed by atoms with E-state index in [1.807, 2.05) is 26.0 Å². The Balaban J connectivity index is 2.56. The lowest BCUT2D eigenvalue weighted by atomic mass is 10.1. The van der Waals surface area contributed by atoms with Gasteiger partial charge in [0.2, 0.25) is 0 Å². The zero-order chi connectivity index (χ0) is 14.9. The van der Waals surface area contributed by atoms with Crippen LogP contribution in [0.3, 0.4) is 0 Å². The molecule has 6 nitrogen and oxygen atoms in total. The highest BCUT2D eigenvalue weighted by molar-refractivity contribution is 9.10. The van der Waals surface area contributed by atoms with Gasteiger partial charge in [0.25, 0.3) is 0 Å². The molecular formula is C13H15BrN4O2. The molecule has 2 rings (SSSR count). The van der Waals surface area contributed by atoms with Crippen molar-refractivity contribution in [1.29, 1.82) is 0 Å². The van der Waals surface area contributed by atoms with Crippen LogP contribution in [-0.2, 0) is 0 Å². The van der Waals surface area contributed by atoms with Crippen LogP contribution >= 0.6 is 15.9 Å². The molecule has 0 spiro atoms. The molecule has 3 N–H and O–H groups in total. The molecule has 0 radical (unpaired) electrons. The maximum atomic E-state index is 11.1. The van der Waals surface area contributed by atoms with Crippen molar-refractivity contribution in [2.45, 2.75) is 19.4 Å². The molecule has 0 aliphatic carbocycles. The Labute approximate surface area is 124 Å². The molecule has 1 aromatic carbocycles. The van der Waals surface area contributed by atoms with Crippen LogP contribution in [0.4, 0.5) is 11.4 Å². The average Bonchev–Trinajstić information content (AvgIpc) is 2.34. The summed E-state index contributed by atoms with van der Waals surface area (Å²) in [4.78, 5) is 14.8. The summed E-state index contributed by atoms with van der Waals surface area (Å²) in [7, 11) is 0. The van der Waals surface area contributed by atoms with Gasteiger partial charge in [0, 0.05) is 21.9 Å². The summed E-state index contributed by atoms with van der Waals surface area (Å²) < 4.78 is 0.872. The van der Waals surface area contributed by atoms with Gasteiger partial charge in [0.05, 0.1) is 10.4 Å². The average molecular weight is 339 g/mol. The topological polar surface area (TPSA) is 94.1 Å². The molecule has 0 saturated heterocycles. The van der Waals surface area contributed by atoms with Crippen LogP contribution in [0.15, 0.2) is 28.9 Å². The number of aromatic nitrogens is 1. The number of anilines is 1. The van der Waals surface area contributed by atoms with Gasteiger partial charge in [-0.1, -0.05) is 15.9 Å². The van der Waals surface area contributed by atoms with Crippen molar-refractivity contribution in [3.8, 4) is 0 Å². The maximum Gasteiger partial charge on any atom is 0.311 e. The number of hydrogen-bond acceptors (Lipinski definition) is 5. The van der Waals surface area contributed by atoms with Crippen LogP contribution in [0.25, 0.3) is 10.9 Å². The summed E-state index contributed by atoms with van der Waals surface area (Å²) in [6.07, 6.45) is 1.26. The molecule has 7 heteroatoms. The number of hydrogen-bond donors (Lipinski definition) is 2. The van der Waals surface area contributed by atoms with E-state index in [4.69, 9.17) is 5.73 Å². The van der Waals surface area contributed by atoms with Crippen molar-refractivity contribution in [3.05, 3.63) is 39.0 Å². The molecule has 0 saturated carbocycles. The van der Waals surface area contributed by atoms with Crippen molar-refractivity contribution in [3.63, 3.8) is 0 Å². The third-order valence-electron chi connectivity index (χ3n) is 2.73. The number of nitro groups is 1. The summed E-state index contributed by atoms with van der Waals surface area (Å²) in [5.74, 6) is 0. The fourth-order valence-corrected chi connectivity index (χ4v) is 2.15. The van der Waals surface area contributed by atoms with E-state index in [0.717, 1.165) is 4.47 Å². The molecule has 0 bridgehead atoms. The van der Waals surface area contributed by atoms with Crippen LogP contribution < -0.4 is 11.1 Å². The Kier molecular flexibility index (Phi) is 3.92. The van der Waals surface area contributed by atoms with Crippen molar-refractivity contribution in [2.75, 3.05) is 11.9 Å².